The maximum Gasteiger partial charge on any atom is 0.133 e. The molecule has 3 nitrogen and oxygen atoms in total. The highest BCUT2D eigenvalue weighted by Gasteiger charge is 2.04. The van der Waals surface area contributed by atoms with Crippen LogP contribution < -0.4 is 5.32 Å². The number of nitrogens with zero attached hydrogens (tertiary/aromatic N) is 2. The molecule has 0 saturated carbocycles. The van der Waals surface area contributed by atoms with E-state index < -0.39 is 0 Å². The Morgan fingerprint density at radius 2 is 2.11 bits per heavy atom. The van der Waals surface area contributed by atoms with Crippen LogP contribution in [0.25, 0.3) is 0 Å². The molecule has 1 aromatic carbocycles. The zero-order valence-electron chi connectivity index (χ0n) is 9.94. The number of rotatable bonds is 3. The van der Waals surface area contributed by atoms with Crippen molar-refractivity contribution in [2.75, 3.05) is 5.32 Å². The van der Waals surface area contributed by atoms with Gasteiger partial charge in [-0.25, -0.2) is 4.98 Å². The molecule has 0 aliphatic carbocycles. The number of nitrogens with one attached hydrogen (secondary N) is 1. The van der Waals surface area contributed by atoms with E-state index in [2.05, 4.69) is 29.4 Å². The molecule has 0 radical (unpaired) electrons. The fraction of sp³-hybridized carbons (Fsp3) is 0.143. The third-order valence-corrected chi connectivity index (χ3v) is 2.78. The van der Waals surface area contributed by atoms with E-state index in [0.717, 1.165) is 12.1 Å². The SMILES string of the molecule is CCc1ccccc1Nc1cc(C#N)cc(Cl)n1. The number of hydrogen-bond acceptors (Lipinski definition) is 3. The third-order valence-electron chi connectivity index (χ3n) is 2.58. The van der Waals surface area contributed by atoms with Gasteiger partial charge in [-0.05, 0) is 30.2 Å². The molecule has 0 saturated heterocycles. The van der Waals surface area contributed by atoms with Gasteiger partial charge in [0.2, 0.25) is 0 Å². The summed E-state index contributed by atoms with van der Waals surface area (Å²) in [6.07, 6.45) is 0.925. The highest BCUT2D eigenvalue weighted by molar-refractivity contribution is 6.29. The topological polar surface area (TPSA) is 48.7 Å². The van der Waals surface area contributed by atoms with E-state index in [1.165, 1.54) is 5.56 Å². The van der Waals surface area contributed by atoms with E-state index in [-0.39, 0.29) is 0 Å². The lowest BCUT2D eigenvalue weighted by atomic mass is 10.1. The van der Waals surface area contributed by atoms with Crippen molar-refractivity contribution < 1.29 is 0 Å². The number of para-hydroxylation sites is 1. The smallest absolute Gasteiger partial charge is 0.133 e. The lowest BCUT2D eigenvalue weighted by molar-refractivity contribution is 1.14. The van der Waals surface area contributed by atoms with Crippen LogP contribution in [0, 0.1) is 11.3 Å². The second kappa shape index (κ2) is 5.52. The molecule has 1 heterocycles. The van der Waals surface area contributed by atoms with Gasteiger partial charge in [0.05, 0.1) is 11.6 Å². The van der Waals surface area contributed by atoms with E-state index in [0.29, 0.717) is 16.5 Å². The van der Waals surface area contributed by atoms with Gasteiger partial charge in [0, 0.05) is 5.69 Å². The van der Waals surface area contributed by atoms with Crippen LogP contribution in [0.2, 0.25) is 5.15 Å². The van der Waals surface area contributed by atoms with Gasteiger partial charge in [0.15, 0.2) is 0 Å². The minimum Gasteiger partial charge on any atom is -0.340 e. The number of pyridine rings is 1. The number of halogens is 1. The highest BCUT2D eigenvalue weighted by atomic mass is 35.5. The summed E-state index contributed by atoms with van der Waals surface area (Å²) in [5, 5.41) is 12.4. The van der Waals surface area contributed by atoms with Crippen molar-refractivity contribution in [3.63, 3.8) is 0 Å². The Morgan fingerprint density at radius 3 is 2.83 bits per heavy atom. The number of nitriles is 1. The average molecular weight is 258 g/mol. The zero-order valence-corrected chi connectivity index (χ0v) is 10.7. The van der Waals surface area contributed by atoms with E-state index >= 15 is 0 Å². The van der Waals surface area contributed by atoms with Gasteiger partial charge in [-0.1, -0.05) is 36.7 Å². The second-order valence-electron chi connectivity index (χ2n) is 3.81. The molecule has 1 N–H and O–H groups in total. The second-order valence-corrected chi connectivity index (χ2v) is 4.20. The molecule has 90 valence electrons. The van der Waals surface area contributed by atoms with Gasteiger partial charge in [0.1, 0.15) is 11.0 Å². The Labute approximate surface area is 111 Å². The Kier molecular flexibility index (Phi) is 3.81. The highest BCUT2D eigenvalue weighted by Crippen LogP contribution is 2.22. The molecule has 0 amide bonds. The molecular formula is C14H12ClN3. The fourth-order valence-electron chi connectivity index (χ4n) is 1.71. The minimum absolute atomic E-state index is 0.311. The Balaban J connectivity index is 2.34. The quantitative estimate of drug-likeness (QED) is 0.848. The molecule has 0 spiro atoms. The molecule has 0 atom stereocenters. The van der Waals surface area contributed by atoms with E-state index in [4.69, 9.17) is 16.9 Å². The van der Waals surface area contributed by atoms with Crippen LogP contribution in [0.5, 0.6) is 0 Å². The first kappa shape index (κ1) is 12.4. The predicted octanol–water partition coefficient (Wildman–Crippen LogP) is 3.91. The van der Waals surface area contributed by atoms with Gasteiger partial charge in [0.25, 0.3) is 0 Å². The summed E-state index contributed by atoms with van der Waals surface area (Å²) in [5.41, 5.74) is 2.67. The van der Waals surface area contributed by atoms with E-state index in [1.54, 1.807) is 12.1 Å². The molecule has 0 bridgehead atoms. The molecule has 0 unspecified atom stereocenters. The largest absolute Gasteiger partial charge is 0.340 e. The van der Waals surface area contributed by atoms with Crippen LogP contribution in [0.3, 0.4) is 0 Å². The predicted molar refractivity (Wildman–Crippen MR) is 73.1 cm³/mol. The molecule has 0 aliphatic rings. The summed E-state index contributed by atoms with van der Waals surface area (Å²) in [6, 6.07) is 13.3. The molecule has 1 aromatic heterocycles. The maximum atomic E-state index is 8.89. The fourth-order valence-corrected chi connectivity index (χ4v) is 1.92. The van der Waals surface area contributed by atoms with Crippen LogP contribution in [-0.2, 0) is 6.42 Å². The number of aromatic nitrogens is 1. The number of hydrogen-bond donors (Lipinski definition) is 1. The van der Waals surface area contributed by atoms with Gasteiger partial charge in [-0.3, -0.25) is 0 Å². The van der Waals surface area contributed by atoms with Gasteiger partial charge in [-0.2, -0.15) is 5.26 Å². The first-order valence-corrected chi connectivity index (χ1v) is 6.03. The Hall–Kier alpha value is -2.05. The zero-order chi connectivity index (χ0) is 13.0. The van der Waals surface area contributed by atoms with E-state index in [9.17, 15) is 0 Å². The van der Waals surface area contributed by atoms with Crippen LogP contribution in [0.4, 0.5) is 11.5 Å². The summed E-state index contributed by atoms with van der Waals surface area (Å²) in [5.74, 6) is 0.583. The van der Waals surface area contributed by atoms with Gasteiger partial charge >= 0.3 is 0 Å². The van der Waals surface area contributed by atoms with Gasteiger partial charge in [-0.15, -0.1) is 0 Å². The summed E-state index contributed by atoms with van der Waals surface area (Å²) in [6.45, 7) is 2.09. The van der Waals surface area contributed by atoms with E-state index in [1.807, 2.05) is 18.2 Å². The first-order valence-electron chi connectivity index (χ1n) is 5.65. The molecular weight excluding hydrogens is 246 g/mol. The van der Waals surface area contributed by atoms with Crippen molar-refractivity contribution in [1.82, 2.24) is 4.98 Å². The number of aryl methyl sites for hydroxylation is 1. The molecule has 0 aliphatic heterocycles. The first-order chi connectivity index (χ1) is 8.72. The lowest BCUT2D eigenvalue weighted by Gasteiger charge is -2.10. The third kappa shape index (κ3) is 2.79. The average Bonchev–Trinajstić information content (AvgIpc) is 2.38. The van der Waals surface area contributed by atoms with Crippen molar-refractivity contribution >= 4 is 23.1 Å². The molecule has 4 heteroatoms. The summed E-state index contributed by atoms with van der Waals surface area (Å²) < 4.78 is 0. The summed E-state index contributed by atoms with van der Waals surface area (Å²) >= 11 is 5.87. The minimum atomic E-state index is 0.311. The van der Waals surface area contributed by atoms with Crippen LogP contribution >= 0.6 is 11.6 Å². The van der Waals surface area contributed by atoms with Crippen LogP contribution in [0.1, 0.15) is 18.1 Å². The molecule has 2 rings (SSSR count). The number of benzene rings is 1. The van der Waals surface area contributed by atoms with Crippen LogP contribution in [-0.4, -0.2) is 4.98 Å². The van der Waals surface area contributed by atoms with Gasteiger partial charge < -0.3 is 5.32 Å². The molecule has 18 heavy (non-hydrogen) atoms. The Bertz CT molecular complexity index is 602. The molecule has 2 aromatic rings. The number of anilines is 2. The lowest BCUT2D eigenvalue weighted by Crippen LogP contribution is -1.98. The van der Waals surface area contributed by atoms with Crippen molar-refractivity contribution in [1.29, 1.82) is 5.26 Å². The van der Waals surface area contributed by atoms with Crippen molar-refractivity contribution in [3.8, 4) is 6.07 Å². The Morgan fingerprint density at radius 1 is 1.33 bits per heavy atom. The normalized spacial score (nSPS) is 9.83. The monoisotopic (exact) mass is 257 g/mol. The summed E-state index contributed by atoms with van der Waals surface area (Å²) in [4.78, 5) is 4.16. The standard InChI is InChI=1S/C14H12ClN3/c1-2-11-5-3-4-6-12(11)17-14-8-10(9-16)7-13(15)18-14/h3-8H,2H2,1H3,(H,17,18). The van der Waals surface area contributed by atoms with Crippen molar-refractivity contribution in [2.45, 2.75) is 13.3 Å². The molecule has 0 fully saturated rings. The van der Waals surface area contributed by atoms with Crippen molar-refractivity contribution in [2.24, 2.45) is 0 Å². The van der Waals surface area contributed by atoms with Crippen molar-refractivity contribution in [3.05, 3.63) is 52.7 Å². The summed E-state index contributed by atoms with van der Waals surface area (Å²) in [7, 11) is 0. The maximum absolute atomic E-state index is 8.89. The van der Waals surface area contributed by atoms with Crippen LogP contribution in [0.15, 0.2) is 36.4 Å².